The third kappa shape index (κ3) is 4.89. The van der Waals surface area contributed by atoms with E-state index in [0.29, 0.717) is 24.5 Å². The number of anilines is 1. The van der Waals surface area contributed by atoms with Crippen LogP contribution in [0.1, 0.15) is 30.0 Å². The Hall–Kier alpha value is -2.73. The molecule has 1 heterocycles. The Morgan fingerprint density at radius 1 is 1.08 bits per heavy atom. The first kappa shape index (κ1) is 18.1. The van der Waals surface area contributed by atoms with Crippen molar-refractivity contribution in [2.75, 3.05) is 5.32 Å². The monoisotopic (exact) mass is 367 g/mol. The van der Waals surface area contributed by atoms with Crippen molar-refractivity contribution in [1.29, 1.82) is 0 Å². The van der Waals surface area contributed by atoms with E-state index < -0.39 is 0 Å². The predicted molar refractivity (Wildman–Crippen MR) is 105 cm³/mol. The van der Waals surface area contributed by atoms with Gasteiger partial charge in [-0.1, -0.05) is 47.2 Å². The second-order valence-electron chi connectivity index (χ2n) is 6.26. The van der Waals surface area contributed by atoms with Gasteiger partial charge in [0, 0.05) is 19.9 Å². The molecule has 0 unspecified atom stereocenters. The Kier molecular flexibility index (Phi) is 5.63. The largest absolute Gasteiger partial charge is 0.352 e. The number of thiazole rings is 1. The lowest BCUT2D eigenvalue weighted by Gasteiger charge is -2.06. The zero-order valence-electron chi connectivity index (χ0n) is 14.8. The van der Waals surface area contributed by atoms with Gasteiger partial charge in [0.25, 0.3) is 0 Å². The number of amides is 2. The van der Waals surface area contributed by atoms with Crippen LogP contribution < -0.4 is 10.6 Å². The molecule has 0 atom stereocenters. The summed E-state index contributed by atoms with van der Waals surface area (Å²) in [4.78, 5) is 27.6. The SMILES string of the molecule is CC(=O)Nc1nc2ccc(CCC(=O)NCc3ccc(C)cc3)cc2s1. The van der Waals surface area contributed by atoms with Crippen LogP contribution in [0.15, 0.2) is 42.5 Å². The normalized spacial score (nSPS) is 10.7. The molecule has 0 aliphatic rings. The number of hydrogen-bond acceptors (Lipinski definition) is 4. The van der Waals surface area contributed by atoms with Gasteiger partial charge in [0.05, 0.1) is 10.2 Å². The third-order valence-corrected chi connectivity index (χ3v) is 4.92. The highest BCUT2D eigenvalue weighted by atomic mass is 32.1. The van der Waals surface area contributed by atoms with E-state index in [1.165, 1.54) is 23.8 Å². The lowest BCUT2D eigenvalue weighted by molar-refractivity contribution is -0.121. The van der Waals surface area contributed by atoms with Gasteiger partial charge in [-0.2, -0.15) is 0 Å². The van der Waals surface area contributed by atoms with E-state index in [9.17, 15) is 9.59 Å². The van der Waals surface area contributed by atoms with Crippen LogP contribution in [0, 0.1) is 6.92 Å². The number of aromatic nitrogens is 1. The first-order chi connectivity index (χ1) is 12.5. The van der Waals surface area contributed by atoms with Crippen molar-refractivity contribution in [1.82, 2.24) is 10.3 Å². The molecule has 0 radical (unpaired) electrons. The number of rotatable bonds is 6. The van der Waals surface area contributed by atoms with Gasteiger partial charge in [-0.15, -0.1) is 0 Å². The average molecular weight is 367 g/mol. The topological polar surface area (TPSA) is 71.1 Å². The highest BCUT2D eigenvalue weighted by Gasteiger charge is 2.07. The Balaban J connectivity index is 1.54. The first-order valence-electron chi connectivity index (χ1n) is 8.49. The number of carbonyl (C=O) groups is 2. The molecule has 2 N–H and O–H groups in total. The maximum atomic E-state index is 12.1. The second-order valence-corrected chi connectivity index (χ2v) is 7.30. The molecule has 6 heteroatoms. The van der Waals surface area contributed by atoms with Crippen molar-refractivity contribution in [3.63, 3.8) is 0 Å². The van der Waals surface area contributed by atoms with E-state index in [1.807, 2.05) is 49.4 Å². The number of benzene rings is 2. The van der Waals surface area contributed by atoms with Gasteiger partial charge in [-0.05, 0) is 36.6 Å². The number of aryl methyl sites for hydroxylation is 2. The maximum Gasteiger partial charge on any atom is 0.223 e. The average Bonchev–Trinajstić information content (AvgIpc) is 3.00. The van der Waals surface area contributed by atoms with Crippen molar-refractivity contribution in [3.8, 4) is 0 Å². The summed E-state index contributed by atoms with van der Waals surface area (Å²) in [6.45, 7) is 4.06. The number of nitrogens with one attached hydrogen (secondary N) is 2. The summed E-state index contributed by atoms with van der Waals surface area (Å²) in [6, 6.07) is 14.1. The molecule has 0 aliphatic heterocycles. The molecule has 0 fully saturated rings. The Labute approximate surface area is 156 Å². The summed E-state index contributed by atoms with van der Waals surface area (Å²) in [7, 11) is 0. The first-order valence-corrected chi connectivity index (χ1v) is 9.30. The van der Waals surface area contributed by atoms with Crippen LogP contribution in [0.4, 0.5) is 5.13 Å². The summed E-state index contributed by atoms with van der Waals surface area (Å²) >= 11 is 1.44. The van der Waals surface area contributed by atoms with E-state index in [1.54, 1.807) is 0 Å². The summed E-state index contributed by atoms with van der Waals surface area (Å²) in [5, 5.41) is 6.26. The predicted octanol–water partition coefficient (Wildman–Crippen LogP) is 3.81. The van der Waals surface area contributed by atoms with Crippen LogP contribution in [-0.4, -0.2) is 16.8 Å². The van der Waals surface area contributed by atoms with E-state index in [-0.39, 0.29) is 11.8 Å². The Bertz CT molecular complexity index is 932. The van der Waals surface area contributed by atoms with Crippen LogP contribution in [0.5, 0.6) is 0 Å². The molecule has 3 aromatic rings. The van der Waals surface area contributed by atoms with Gasteiger partial charge in [-0.3, -0.25) is 9.59 Å². The fourth-order valence-corrected chi connectivity index (χ4v) is 3.56. The molecule has 0 bridgehead atoms. The molecule has 134 valence electrons. The summed E-state index contributed by atoms with van der Waals surface area (Å²) < 4.78 is 1.01. The molecule has 1 aromatic heterocycles. The lowest BCUT2D eigenvalue weighted by atomic mass is 10.1. The minimum Gasteiger partial charge on any atom is -0.352 e. The van der Waals surface area contributed by atoms with Crippen LogP contribution >= 0.6 is 11.3 Å². The fourth-order valence-electron chi connectivity index (χ4n) is 2.58. The van der Waals surface area contributed by atoms with E-state index in [4.69, 9.17) is 0 Å². The highest BCUT2D eigenvalue weighted by molar-refractivity contribution is 7.22. The lowest BCUT2D eigenvalue weighted by Crippen LogP contribution is -2.22. The van der Waals surface area contributed by atoms with Gasteiger partial charge < -0.3 is 10.6 Å². The van der Waals surface area contributed by atoms with Crippen LogP contribution in [-0.2, 0) is 22.6 Å². The molecule has 3 rings (SSSR count). The zero-order valence-corrected chi connectivity index (χ0v) is 15.7. The molecule has 0 spiro atoms. The summed E-state index contributed by atoms with van der Waals surface area (Å²) in [5.74, 6) is -0.0940. The van der Waals surface area contributed by atoms with Gasteiger partial charge >= 0.3 is 0 Å². The van der Waals surface area contributed by atoms with Crippen molar-refractivity contribution in [2.24, 2.45) is 0 Å². The quantitative estimate of drug-likeness (QED) is 0.696. The molecule has 0 aliphatic carbocycles. The van der Waals surface area contributed by atoms with Gasteiger partial charge in [-0.25, -0.2) is 4.98 Å². The van der Waals surface area contributed by atoms with Crippen LogP contribution in [0.2, 0.25) is 0 Å². The minimum atomic E-state index is -0.130. The van der Waals surface area contributed by atoms with E-state index in [2.05, 4.69) is 15.6 Å². The molecule has 0 saturated heterocycles. The van der Waals surface area contributed by atoms with E-state index >= 15 is 0 Å². The maximum absolute atomic E-state index is 12.1. The Morgan fingerprint density at radius 2 is 1.81 bits per heavy atom. The number of fused-ring (bicyclic) bond motifs is 1. The number of carbonyl (C=O) groups excluding carboxylic acids is 2. The van der Waals surface area contributed by atoms with Crippen molar-refractivity contribution >= 4 is 38.5 Å². The number of nitrogens with zero attached hydrogens (tertiary/aromatic N) is 1. The molecule has 2 amide bonds. The third-order valence-electron chi connectivity index (χ3n) is 3.99. The Morgan fingerprint density at radius 3 is 2.54 bits per heavy atom. The molecule has 5 nitrogen and oxygen atoms in total. The molecular formula is C20H21N3O2S. The number of hydrogen-bond donors (Lipinski definition) is 2. The fraction of sp³-hybridized carbons (Fsp3) is 0.250. The second kappa shape index (κ2) is 8.10. The molecular weight excluding hydrogens is 346 g/mol. The summed E-state index contributed by atoms with van der Waals surface area (Å²) in [6.07, 6.45) is 1.11. The van der Waals surface area contributed by atoms with Crippen LogP contribution in [0.3, 0.4) is 0 Å². The molecule has 0 saturated carbocycles. The van der Waals surface area contributed by atoms with Gasteiger partial charge in [0.15, 0.2) is 5.13 Å². The van der Waals surface area contributed by atoms with E-state index in [0.717, 1.165) is 21.3 Å². The molecule has 26 heavy (non-hydrogen) atoms. The standard InChI is InChI=1S/C20H21N3O2S/c1-13-3-5-16(6-4-13)12-21-19(25)10-8-15-7-9-17-18(11-15)26-20(23-17)22-14(2)24/h3-7,9,11H,8,10,12H2,1-2H3,(H,21,25)(H,22,23,24). The van der Waals surface area contributed by atoms with Crippen molar-refractivity contribution < 1.29 is 9.59 Å². The van der Waals surface area contributed by atoms with Crippen LogP contribution in [0.25, 0.3) is 10.2 Å². The van der Waals surface area contributed by atoms with Gasteiger partial charge in [0.1, 0.15) is 0 Å². The smallest absolute Gasteiger partial charge is 0.223 e. The zero-order chi connectivity index (χ0) is 18.5. The molecule has 2 aromatic carbocycles. The van der Waals surface area contributed by atoms with Crippen molar-refractivity contribution in [2.45, 2.75) is 33.2 Å². The highest BCUT2D eigenvalue weighted by Crippen LogP contribution is 2.27. The minimum absolute atomic E-state index is 0.0360. The summed E-state index contributed by atoms with van der Waals surface area (Å²) in [5.41, 5.74) is 4.24. The van der Waals surface area contributed by atoms with Crippen molar-refractivity contribution in [3.05, 3.63) is 59.2 Å². The van der Waals surface area contributed by atoms with Gasteiger partial charge in [0.2, 0.25) is 11.8 Å².